The van der Waals surface area contributed by atoms with E-state index in [1.54, 1.807) is 30.5 Å². The van der Waals surface area contributed by atoms with Crippen molar-refractivity contribution in [3.8, 4) is 0 Å². The summed E-state index contributed by atoms with van der Waals surface area (Å²) in [5.41, 5.74) is 13.2. The fourth-order valence-corrected chi connectivity index (χ4v) is 1.99. The van der Waals surface area contributed by atoms with Crippen LogP contribution in [0.1, 0.15) is 17.2 Å². The van der Waals surface area contributed by atoms with Crippen LogP contribution in [0.15, 0.2) is 41.0 Å². The SMILES string of the molecule is Nc1ccc(Br)cc1C(O)c1cccnc1N. The van der Waals surface area contributed by atoms with E-state index < -0.39 is 6.10 Å². The first-order valence-corrected chi connectivity index (χ1v) is 5.82. The van der Waals surface area contributed by atoms with Crippen molar-refractivity contribution in [2.45, 2.75) is 6.10 Å². The minimum Gasteiger partial charge on any atom is -0.398 e. The first kappa shape index (κ1) is 11.9. The topological polar surface area (TPSA) is 85.2 Å². The summed E-state index contributed by atoms with van der Waals surface area (Å²) >= 11 is 3.34. The summed E-state index contributed by atoms with van der Waals surface area (Å²) in [6, 6.07) is 8.77. The third-order valence-corrected chi connectivity index (χ3v) is 3.00. The lowest BCUT2D eigenvalue weighted by Gasteiger charge is -2.15. The van der Waals surface area contributed by atoms with Gasteiger partial charge in [-0.25, -0.2) is 4.98 Å². The van der Waals surface area contributed by atoms with E-state index in [4.69, 9.17) is 11.5 Å². The molecule has 5 heteroatoms. The van der Waals surface area contributed by atoms with Crippen LogP contribution in [0.4, 0.5) is 11.5 Å². The second-order valence-electron chi connectivity index (χ2n) is 3.65. The Bertz CT molecular complexity index is 545. The van der Waals surface area contributed by atoms with E-state index in [0.717, 1.165) is 4.47 Å². The van der Waals surface area contributed by atoms with E-state index in [0.29, 0.717) is 22.6 Å². The second kappa shape index (κ2) is 4.73. The zero-order chi connectivity index (χ0) is 12.4. The van der Waals surface area contributed by atoms with Crippen molar-refractivity contribution in [3.63, 3.8) is 0 Å². The number of nitrogen functional groups attached to an aromatic ring is 2. The molecule has 0 aliphatic heterocycles. The van der Waals surface area contributed by atoms with E-state index >= 15 is 0 Å². The number of anilines is 2. The molecule has 1 aromatic heterocycles. The normalized spacial score (nSPS) is 12.4. The van der Waals surface area contributed by atoms with Crippen LogP contribution in [0.3, 0.4) is 0 Å². The monoisotopic (exact) mass is 293 g/mol. The second-order valence-corrected chi connectivity index (χ2v) is 4.57. The number of aromatic nitrogens is 1. The molecule has 0 aliphatic rings. The number of aliphatic hydroxyl groups excluding tert-OH is 1. The van der Waals surface area contributed by atoms with E-state index in [2.05, 4.69) is 20.9 Å². The molecule has 0 amide bonds. The smallest absolute Gasteiger partial charge is 0.129 e. The lowest BCUT2D eigenvalue weighted by Crippen LogP contribution is -2.07. The third kappa shape index (κ3) is 2.40. The lowest BCUT2D eigenvalue weighted by molar-refractivity contribution is 0.221. The summed E-state index contributed by atoms with van der Waals surface area (Å²) in [4.78, 5) is 3.94. The maximum atomic E-state index is 10.3. The fraction of sp³-hybridized carbons (Fsp3) is 0.0833. The highest BCUT2D eigenvalue weighted by molar-refractivity contribution is 9.10. The van der Waals surface area contributed by atoms with Gasteiger partial charge in [0.15, 0.2) is 0 Å². The molecule has 1 atom stereocenters. The molecule has 5 N–H and O–H groups in total. The highest BCUT2D eigenvalue weighted by atomic mass is 79.9. The number of nitrogens with zero attached hydrogens (tertiary/aromatic N) is 1. The van der Waals surface area contributed by atoms with Crippen molar-refractivity contribution < 1.29 is 5.11 Å². The van der Waals surface area contributed by atoms with Crippen LogP contribution in [0, 0.1) is 0 Å². The van der Waals surface area contributed by atoms with Crippen LogP contribution >= 0.6 is 15.9 Å². The quantitative estimate of drug-likeness (QED) is 0.740. The Labute approximate surface area is 107 Å². The summed E-state index contributed by atoms with van der Waals surface area (Å²) in [7, 11) is 0. The molecule has 88 valence electrons. The molecule has 0 aliphatic carbocycles. The molecule has 1 aromatic carbocycles. The standard InChI is InChI=1S/C12H12BrN3O/c13-7-3-4-10(14)9(6-7)11(17)8-2-1-5-16-12(8)15/h1-6,11,17H,14H2,(H2,15,16). The predicted octanol–water partition coefficient (Wildman–Crippen LogP) is 2.09. The number of halogens is 1. The largest absolute Gasteiger partial charge is 0.398 e. The minimum absolute atomic E-state index is 0.305. The van der Waals surface area contributed by atoms with Crippen molar-refractivity contribution in [2.24, 2.45) is 0 Å². The molecule has 1 unspecified atom stereocenters. The molecular weight excluding hydrogens is 282 g/mol. The summed E-state index contributed by atoms with van der Waals surface area (Å²) < 4.78 is 0.850. The molecule has 0 spiro atoms. The molecule has 0 bridgehead atoms. The summed E-state index contributed by atoms with van der Waals surface area (Å²) in [6.07, 6.45) is 0.705. The van der Waals surface area contributed by atoms with Crippen LogP contribution in [-0.2, 0) is 0 Å². The number of rotatable bonds is 2. The van der Waals surface area contributed by atoms with Crippen LogP contribution in [0.2, 0.25) is 0 Å². The summed E-state index contributed by atoms with van der Waals surface area (Å²) in [5, 5.41) is 10.3. The van der Waals surface area contributed by atoms with Crippen LogP contribution < -0.4 is 11.5 Å². The van der Waals surface area contributed by atoms with Crippen LogP contribution in [-0.4, -0.2) is 10.1 Å². The van der Waals surface area contributed by atoms with Gasteiger partial charge >= 0.3 is 0 Å². The average Bonchev–Trinajstić information content (AvgIpc) is 2.32. The van der Waals surface area contributed by atoms with Crippen molar-refractivity contribution >= 4 is 27.4 Å². The van der Waals surface area contributed by atoms with Gasteiger partial charge in [-0.2, -0.15) is 0 Å². The lowest BCUT2D eigenvalue weighted by atomic mass is 10.0. The maximum absolute atomic E-state index is 10.3. The van der Waals surface area contributed by atoms with Crippen molar-refractivity contribution in [3.05, 3.63) is 52.1 Å². The Balaban J connectivity index is 2.47. The zero-order valence-corrected chi connectivity index (χ0v) is 10.6. The van der Waals surface area contributed by atoms with Gasteiger partial charge in [0.25, 0.3) is 0 Å². The van der Waals surface area contributed by atoms with E-state index in [-0.39, 0.29) is 0 Å². The average molecular weight is 294 g/mol. The van der Waals surface area contributed by atoms with E-state index in [1.165, 1.54) is 0 Å². The van der Waals surface area contributed by atoms with Gasteiger partial charge in [-0.3, -0.25) is 0 Å². The number of hydrogen-bond acceptors (Lipinski definition) is 4. The van der Waals surface area contributed by atoms with Crippen LogP contribution in [0.25, 0.3) is 0 Å². The fourth-order valence-electron chi connectivity index (χ4n) is 1.61. The molecule has 0 saturated heterocycles. The number of aliphatic hydroxyl groups is 1. The van der Waals surface area contributed by atoms with E-state index in [1.807, 2.05) is 6.07 Å². The Morgan fingerprint density at radius 2 is 1.94 bits per heavy atom. The van der Waals surface area contributed by atoms with Gasteiger partial charge in [-0.1, -0.05) is 22.0 Å². The molecule has 0 radical (unpaired) electrons. The van der Waals surface area contributed by atoms with Gasteiger partial charge in [0.1, 0.15) is 11.9 Å². The van der Waals surface area contributed by atoms with Gasteiger partial charge < -0.3 is 16.6 Å². The number of pyridine rings is 1. The molecular formula is C12H12BrN3O. The van der Waals surface area contributed by atoms with Gasteiger partial charge in [0.05, 0.1) is 0 Å². The van der Waals surface area contributed by atoms with E-state index in [9.17, 15) is 5.11 Å². The zero-order valence-electron chi connectivity index (χ0n) is 8.97. The van der Waals surface area contributed by atoms with Gasteiger partial charge in [0, 0.05) is 27.5 Å². The summed E-state index contributed by atoms with van der Waals surface area (Å²) in [5.74, 6) is 0.305. The molecule has 1 heterocycles. The Hall–Kier alpha value is -1.59. The first-order chi connectivity index (χ1) is 8.09. The predicted molar refractivity (Wildman–Crippen MR) is 71.3 cm³/mol. The van der Waals surface area contributed by atoms with Gasteiger partial charge in [-0.05, 0) is 24.3 Å². The molecule has 0 fully saturated rings. The number of hydrogen-bond donors (Lipinski definition) is 3. The Morgan fingerprint density at radius 1 is 1.18 bits per heavy atom. The van der Waals surface area contributed by atoms with Crippen LogP contribution in [0.5, 0.6) is 0 Å². The Kier molecular flexibility index (Phi) is 3.31. The summed E-state index contributed by atoms with van der Waals surface area (Å²) in [6.45, 7) is 0. The molecule has 17 heavy (non-hydrogen) atoms. The van der Waals surface area contributed by atoms with Crippen molar-refractivity contribution in [1.29, 1.82) is 0 Å². The Morgan fingerprint density at radius 3 is 2.65 bits per heavy atom. The maximum Gasteiger partial charge on any atom is 0.129 e. The van der Waals surface area contributed by atoms with Gasteiger partial charge in [-0.15, -0.1) is 0 Å². The number of nitrogens with two attached hydrogens (primary N) is 2. The third-order valence-electron chi connectivity index (χ3n) is 2.51. The molecule has 2 rings (SSSR count). The number of benzene rings is 1. The minimum atomic E-state index is -0.874. The molecule has 4 nitrogen and oxygen atoms in total. The van der Waals surface area contributed by atoms with Crippen molar-refractivity contribution in [2.75, 3.05) is 11.5 Å². The highest BCUT2D eigenvalue weighted by Gasteiger charge is 2.16. The van der Waals surface area contributed by atoms with Gasteiger partial charge in [0.2, 0.25) is 0 Å². The molecule has 2 aromatic rings. The first-order valence-electron chi connectivity index (χ1n) is 5.03. The molecule has 0 saturated carbocycles. The highest BCUT2D eigenvalue weighted by Crippen LogP contribution is 2.30. The van der Waals surface area contributed by atoms with Crippen molar-refractivity contribution in [1.82, 2.24) is 4.98 Å².